The van der Waals surface area contributed by atoms with E-state index in [-0.39, 0.29) is 0 Å². The molecular weight excluding hydrogens is 292 g/mol. The van der Waals surface area contributed by atoms with Crippen LogP contribution in [0.15, 0.2) is 9.41 Å². The molecule has 0 spiro atoms. The highest BCUT2D eigenvalue weighted by Gasteiger charge is 2.31. The van der Waals surface area contributed by atoms with Crippen LogP contribution in [0, 0.1) is 13.8 Å². The monoisotopic (exact) mass is 320 g/mol. The zero-order valence-electron chi connectivity index (χ0n) is 14.4. The van der Waals surface area contributed by atoms with Gasteiger partial charge in [0.15, 0.2) is 5.96 Å². The first-order valence-corrected chi connectivity index (χ1v) is 8.57. The first kappa shape index (κ1) is 16.3. The summed E-state index contributed by atoms with van der Waals surface area (Å²) in [6, 6.07) is 0.576. The van der Waals surface area contributed by atoms with E-state index in [0.717, 1.165) is 37.0 Å². The SMILES string of the molecule is CCNC(=NCc1nc(C)c(C)o1)NCC1CN2CCN1CC2. The fraction of sp³-hybridized carbons (Fsp3) is 0.750. The molecule has 128 valence electrons. The van der Waals surface area contributed by atoms with Crippen LogP contribution in [-0.2, 0) is 6.54 Å². The van der Waals surface area contributed by atoms with Crippen LogP contribution in [0.5, 0.6) is 0 Å². The summed E-state index contributed by atoms with van der Waals surface area (Å²) in [5.41, 5.74) is 0.938. The minimum atomic E-state index is 0.463. The van der Waals surface area contributed by atoms with Crippen LogP contribution >= 0.6 is 0 Å². The molecule has 3 saturated heterocycles. The van der Waals surface area contributed by atoms with Crippen LogP contribution in [0.2, 0.25) is 0 Å². The van der Waals surface area contributed by atoms with Crippen LogP contribution in [0.1, 0.15) is 24.3 Å². The van der Waals surface area contributed by atoms with Gasteiger partial charge in [-0.3, -0.25) is 9.80 Å². The van der Waals surface area contributed by atoms with Crippen molar-refractivity contribution in [3.8, 4) is 0 Å². The number of hydrogen-bond donors (Lipinski definition) is 2. The zero-order valence-corrected chi connectivity index (χ0v) is 14.4. The van der Waals surface area contributed by atoms with Crippen LogP contribution < -0.4 is 10.6 Å². The van der Waals surface area contributed by atoms with Gasteiger partial charge in [0.05, 0.1) is 5.69 Å². The third-order valence-electron chi connectivity index (χ3n) is 4.69. The highest BCUT2D eigenvalue weighted by Crippen LogP contribution is 2.14. The summed E-state index contributed by atoms with van der Waals surface area (Å²) in [4.78, 5) is 14.1. The molecule has 0 aromatic carbocycles. The Kier molecular flexibility index (Phi) is 5.17. The van der Waals surface area contributed by atoms with Gasteiger partial charge in [-0.1, -0.05) is 0 Å². The number of nitrogens with one attached hydrogen (secondary N) is 2. The highest BCUT2D eigenvalue weighted by molar-refractivity contribution is 5.79. The first-order chi connectivity index (χ1) is 11.2. The first-order valence-electron chi connectivity index (χ1n) is 8.57. The number of hydrogen-bond acceptors (Lipinski definition) is 5. The smallest absolute Gasteiger partial charge is 0.216 e. The van der Waals surface area contributed by atoms with Gasteiger partial charge >= 0.3 is 0 Å². The summed E-state index contributed by atoms with van der Waals surface area (Å²) in [5, 5.41) is 6.76. The van der Waals surface area contributed by atoms with Crippen molar-refractivity contribution >= 4 is 5.96 Å². The number of piperazine rings is 3. The number of rotatable bonds is 5. The Bertz CT molecular complexity index is 527. The molecule has 3 aliphatic rings. The Morgan fingerprint density at radius 1 is 1.26 bits per heavy atom. The van der Waals surface area contributed by atoms with Crippen molar-refractivity contribution in [2.45, 2.75) is 33.4 Å². The second kappa shape index (κ2) is 7.31. The second-order valence-corrected chi connectivity index (χ2v) is 6.32. The fourth-order valence-electron chi connectivity index (χ4n) is 3.23. The lowest BCUT2D eigenvalue weighted by Crippen LogP contribution is -2.63. The fourth-order valence-corrected chi connectivity index (χ4v) is 3.23. The predicted molar refractivity (Wildman–Crippen MR) is 90.6 cm³/mol. The van der Waals surface area contributed by atoms with Crippen LogP contribution in [0.3, 0.4) is 0 Å². The summed E-state index contributed by atoms with van der Waals surface area (Å²) < 4.78 is 5.59. The van der Waals surface area contributed by atoms with E-state index in [2.05, 4.69) is 37.3 Å². The molecule has 2 bridgehead atoms. The van der Waals surface area contributed by atoms with Crippen LogP contribution in [0.4, 0.5) is 0 Å². The van der Waals surface area contributed by atoms with E-state index in [1.165, 1.54) is 26.2 Å². The Labute approximate surface area is 138 Å². The van der Waals surface area contributed by atoms with Crippen molar-refractivity contribution in [3.63, 3.8) is 0 Å². The molecular formula is C16H28N6O. The number of guanidine groups is 1. The lowest BCUT2D eigenvalue weighted by molar-refractivity contribution is 0.0154. The molecule has 0 radical (unpaired) electrons. The van der Waals surface area contributed by atoms with Crippen molar-refractivity contribution in [1.29, 1.82) is 0 Å². The summed E-state index contributed by atoms with van der Waals surface area (Å²) in [5.74, 6) is 2.37. The molecule has 2 N–H and O–H groups in total. The van der Waals surface area contributed by atoms with Crippen molar-refractivity contribution < 1.29 is 4.42 Å². The van der Waals surface area contributed by atoms with Crippen molar-refractivity contribution in [2.75, 3.05) is 45.8 Å². The van der Waals surface area contributed by atoms with Gasteiger partial charge in [-0.15, -0.1) is 0 Å². The number of nitrogens with zero attached hydrogens (tertiary/aromatic N) is 4. The Balaban J connectivity index is 1.54. The van der Waals surface area contributed by atoms with Gasteiger partial charge < -0.3 is 15.1 Å². The van der Waals surface area contributed by atoms with Gasteiger partial charge in [0, 0.05) is 51.9 Å². The third-order valence-corrected chi connectivity index (χ3v) is 4.69. The van der Waals surface area contributed by atoms with Crippen molar-refractivity contribution in [3.05, 3.63) is 17.3 Å². The number of aryl methyl sites for hydroxylation is 2. The van der Waals surface area contributed by atoms with Gasteiger partial charge in [0.1, 0.15) is 12.3 Å². The molecule has 7 heteroatoms. The van der Waals surface area contributed by atoms with Gasteiger partial charge in [0.25, 0.3) is 0 Å². The van der Waals surface area contributed by atoms with Gasteiger partial charge in [-0.2, -0.15) is 0 Å². The van der Waals surface area contributed by atoms with Gasteiger partial charge in [-0.05, 0) is 20.8 Å². The maximum Gasteiger partial charge on any atom is 0.216 e. The van der Waals surface area contributed by atoms with Crippen molar-refractivity contribution in [2.24, 2.45) is 4.99 Å². The summed E-state index contributed by atoms with van der Waals surface area (Å²) in [6.45, 7) is 14.2. The topological polar surface area (TPSA) is 68.9 Å². The summed E-state index contributed by atoms with van der Waals surface area (Å²) >= 11 is 0. The second-order valence-electron chi connectivity index (χ2n) is 6.32. The Morgan fingerprint density at radius 2 is 2.04 bits per heavy atom. The largest absolute Gasteiger partial charge is 0.444 e. The average molecular weight is 320 g/mol. The van der Waals surface area contributed by atoms with E-state index in [1.807, 2.05) is 13.8 Å². The number of oxazole rings is 1. The molecule has 23 heavy (non-hydrogen) atoms. The van der Waals surface area contributed by atoms with Crippen LogP contribution in [-0.4, -0.2) is 72.6 Å². The zero-order chi connectivity index (χ0) is 16.2. The van der Waals surface area contributed by atoms with E-state index in [9.17, 15) is 0 Å². The molecule has 3 fully saturated rings. The summed E-state index contributed by atoms with van der Waals surface area (Å²) in [6.07, 6.45) is 0. The number of aromatic nitrogens is 1. The van der Waals surface area contributed by atoms with Crippen molar-refractivity contribution in [1.82, 2.24) is 25.4 Å². The molecule has 7 nitrogen and oxygen atoms in total. The van der Waals surface area contributed by atoms with Gasteiger partial charge in [0.2, 0.25) is 5.89 Å². The minimum Gasteiger partial charge on any atom is -0.444 e. The number of aliphatic imine (C=N–C) groups is 1. The molecule has 3 aliphatic heterocycles. The summed E-state index contributed by atoms with van der Waals surface area (Å²) in [7, 11) is 0. The maximum atomic E-state index is 5.59. The minimum absolute atomic E-state index is 0.463. The standard InChI is InChI=1S/C16H28N6O/c1-4-17-16(19-10-15-20-12(2)13(3)23-15)18-9-14-11-21-5-7-22(14)8-6-21/h14H,4-11H2,1-3H3,(H2,17,18,19). The van der Waals surface area contributed by atoms with E-state index >= 15 is 0 Å². The van der Waals surface area contributed by atoms with E-state index in [1.54, 1.807) is 0 Å². The molecule has 1 aromatic rings. The molecule has 4 rings (SSSR count). The lowest BCUT2D eigenvalue weighted by atomic mass is 10.1. The molecule has 0 saturated carbocycles. The molecule has 1 atom stereocenters. The van der Waals surface area contributed by atoms with Gasteiger partial charge in [-0.25, -0.2) is 9.98 Å². The maximum absolute atomic E-state index is 5.59. The van der Waals surface area contributed by atoms with E-state index < -0.39 is 0 Å². The molecule has 1 unspecified atom stereocenters. The lowest BCUT2D eigenvalue weighted by Gasteiger charge is -2.47. The van der Waals surface area contributed by atoms with Crippen LogP contribution in [0.25, 0.3) is 0 Å². The average Bonchev–Trinajstić information content (AvgIpc) is 2.89. The molecule has 1 aromatic heterocycles. The molecule has 0 amide bonds. The predicted octanol–water partition coefficient (Wildman–Crippen LogP) is 0.346. The Hall–Kier alpha value is -1.60. The quantitative estimate of drug-likeness (QED) is 0.603. The molecule has 4 heterocycles. The number of fused-ring (bicyclic) bond motifs is 3. The van der Waals surface area contributed by atoms with E-state index in [0.29, 0.717) is 18.5 Å². The third kappa shape index (κ3) is 4.03. The normalized spacial score (nSPS) is 27.3. The highest BCUT2D eigenvalue weighted by atomic mass is 16.4. The Morgan fingerprint density at radius 3 is 2.61 bits per heavy atom. The van der Waals surface area contributed by atoms with E-state index in [4.69, 9.17) is 4.42 Å². The molecule has 0 aliphatic carbocycles.